The molecule has 0 saturated carbocycles. The van der Waals surface area contributed by atoms with Gasteiger partial charge >= 0.3 is 0 Å². The van der Waals surface area contributed by atoms with Gasteiger partial charge in [-0.2, -0.15) is 0 Å². The number of nitrogens with zero attached hydrogens (tertiary/aromatic N) is 1. The SMILES string of the molecule is Cc1cc(C=O)cc(C)c1OCC(=O)N1CCCc2ccccc21. The average Bonchev–Trinajstić information content (AvgIpc) is 2.60. The predicted octanol–water partition coefficient (Wildman–Crippen LogP) is 3.47. The van der Waals surface area contributed by atoms with Crippen LogP contribution in [0.15, 0.2) is 36.4 Å². The molecule has 4 nitrogen and oxygen atoms in total. The molecule has 2 aromatic carbocycles. The van der Waals surface area contributed by atoms with Gasteiger partial charge in [-0.25, -0.2) is 0 Å². The van der Waals surface area contributed by atoms with Crippen molar-refractivity contribution >= 4 is 17.9 Å². The van der Waals surface area contributed by atoms with Crippen molar-refractivity contribution in [3.63, 3.8) is 0 Å². The fourth-order valence-electron chi connectivity index (χ4n) is 3.28. The van der Waals surface area contributed by atoms with Crippen molar-refractivity contribution in [1.29, 1.82) is 0 Å². The minimum Gasteiger partial charge on any atom is -0.483 e. The number of fused-ring (bicyclic) bond motifs is 1. The summed E-state index contributed by atoms with van der Waals surface area (Å²) in [5.74, 6) is 0.639. The van der Waals surface area contributed by atoms with Crippen LogP contribution in [0.5, 0.6) is 5.75 Å². The average molecular weight is 323 g/mol. The zero-order valence-corrected chi connectivity index (χ0v) is 14.0. The molecule has 0 aromatic heterocycles. The van der Waals surface area contributed by atoms with Crippen LogP contribution in [-0.4, -0.2) is 25.3 Å². The van der Waals surface area contributed by atoms with Gasteiger partial charge in [0.2, 0.25) is 0 Å². The van der Waals surface area contributed by atoms with E-state index in [0.717, 1.165) is 42.5 Å². The Morgan fingerprint density at radius 2 is 1.92 bits per heavy atom. The number of carbonyl (C=O) groups is 2. The molecule has 0 atom stereocenters. The Morgan fingerprint density at radius 1 is 1.21 bits per heavy atom. The van der Waals surface area contributed by atoms with Crippen molar-refractivity contribution in [3.8, 4) is 5.75 Å². The molecule has 0 bridgehead atoms. The number of amides is 1. The summed E-state index contributed by atoms with van der Waals surface area (Å²) in [7, 11) is 0. The van der Waals surface area contributed by atoms with E-state index >= 15 is 0 Å². The van der Waals surface area contributed by atoms with Gasteiger partial charge < -0.3 is 9.64 Å². The van der Waals surface area contributed by atoms with Crippen molar-refractivity contribution in [2.24, 2.45) is 0 Å². The van der Waals surface area contributed by atoms with Gasteiger partial charge in [0, 0.05) is 17.8 Å². The molecule has 3 rings (SSSR count). The fraction of sp³-hybridized carbons (Fsp3) is 0.300. The zero-order chi connectivity index (χ0) is 17.1. The lowest BCUT2D eigenvalue weighted by Gasteiger charge is -2.29. The molecule has 124 valence electrons. The van der Waals surface area contributed by atoms with Crippen LogP contribution in [0.2, 0.25) is 0 Å². The summed E-state index contributed by atoms with van der Waals surface area (Å²) >= 11 is 0. The largest absolute Gasteiger partial charge is 0.483 e. The van der Waals surface area contributed by atoms with Crippen molar-refractivity contribution < 1.29 is 14.3 Å². The van der Waals surface area contributed by atoms with Crippen LogP contribution in [0, 0.1) is 13.8 Å². The van der Waals surface area contributed by atoms with Crippen molar-refractivity contribution in [2.45, 2.75) is 26.7 Å². The number of aryl methyl sites for hydroxylation is 3. The summed E-state index contributed by atoms with van der Waals surface area (Å²) in [6, 6.07) is 11.6. The van der Waals surface area contributed by atoms with E-state index in [1.54, 1.807) is 12.1 Å². The summed E-state index contributed by atoms with van der Waals surface area (Å²) in [6.07, 6.45) is 2.79. The third kappa shape index (κ3) is 3.18. The molecule has 0 fully saturated rings. The molecule has 2 aromatic rings. The molecule has 0 unspecified atom stereocenters. The molecule has 1 heterocycles. The van der Waals surface area contributed by atoms with E-state index < -0.39 is 0 Å². The highest BCUT2D eigenvalue weighted by Gasteiger charge is 2.22. The van der Waals surface area contributed by atoms with Gasteiger partial charge in [-0.15, -0.1) is 0 Å². The van der Waals surface area contributed by atoms with Crippen LogP contribution in [0.4, 0.5) is 5.69 Å². The number of anilines is 1. The maximum Gasteiger partial charge on any atom is 0.264 e. The first-order valence-corrected chi connectivity index (χ1v) is 8.17. The standard InChI is InChI=1S/C20H21NO3/c1-14-10-16(12-22)11-15(2)20(14)24-13-19(23)21-9-5-7-17-6-3-4-8-18(17)21/h3-4,6,8,10-12H,5,7,9,13H2,1-2H3. The number of carbonyl (C=O) groups excluding carboxylic acids is 2. The Hall–Kier alpha value is -2.62. The Labute approximate surface area is 142 Å². The smallest absolute Gasteiger partial charge is 0.264 e. The normalized spacial score (nSPS) is 13.3. The molecule has 4 heteroatoms. The van der Waals surface area contributed by atoms with Crippen molar-refractivity contribution in [3.05, 3.63) is 58.7 Å². The minimum atomic E-state index is -0.0413. The fourth-order valence-corrected chi connectivity index (χ4v) is 3.28. The second kappa shape index (κ2) is 6.87. The Bertz CT molecular complexity index is 759. The molecule has 0 N–H and O–H groups in total. The Kier molecular flexibility index (Phi) is 4.65. The number of para-hydroxylation sites is 1. The quantitative estimate of drug-likeness (QED) is 0.809. The molecular weight excluding hydrogens is 302 g/mol. The second-order valence-electron chi connectivity index (χ2n) is 6.17. The van der Waals surface area contributed by atoms with Gasteiger partial charge in [0.1, 0.15) is 12.0 Å². The van der Waals surface area contributed by atoms with Crippen LogP contribution < -0.4 is 9.64 Å². The third-order valence-electron chi connectivity index (χ3n) is 4.37. The van der Waals surface area contributed by atoms with Crippen molar-refractivity contribution in [1.82, 2.24) is 0 Å². The topological polar surface area (TPSA) is 46.6 Å². The maximum absolute atomic E-state index is 12.6. The van der Waals surface area contributed by atoms with Crippen LogP contribution in [0.25, 0.3) is 0 Å². The first kappa shape index (κ1) is 16.2. The van der Waals surface area contributed by atoms with E-state index in [1.165, 1.54) is 5.56 Å². The van der Waals surface area contributed by atoms with E-state index in [2.05, 4.69) is 6.07 Å². The molecular formula is C20H21NO3. The van der Waals surface area contributed by atoms with Crippen LogP contribution in [0.3, 0.4) is 0 Å². The van der Waals surface area contributed by atoms with Gasteiger partial charge in [0.15, 0.2) is 6.61 Å². The van der Waals surface area contributed by atoms with E-state index in [9.17, 15) is 9.59 Å². The van der Waals surface area contributed by atoms with Gasteiger partial charge in [-0.1, -0.05) is 18.2 Å². The lowest BCUT2D eigenvalue weighted by molar-refractivity contribution is -0.120. The molecule has 1 aliphatic heterocycles. The van der Waals surface area contributed by atoms with Gasteiger partial charge in [-0.3, -0.25) is 9.59 Å². The number of hydrogen-bond acceptors (Lipinski definition) is 3. The van der Waals surface area contributed by atoms with E-state index in [1.807, 2.05) is 36.9 Å². The number of rotatable bonds is 4. The molecule has 1 aliphatic rings. The molecule has 0 aliphatic carbocycles. The highest BCUT2D eigenvalue weighted by atomic mass is 16.5. The maximum atomic E-state index is 12.6. The summed E-state index contributed by atoms with van der Waals surface area (Å²) in [6.45, 7) is 4.49. The van der Waals surface area contributed by atoms with Gasteiger partial charge in [0.25, 0.3) is 5.91 Å². The molecule has 0 spiro atoms. The van der Waals surface area contributed by atoms with E-state index in [0.29, 0.717) is 11.3 Å². The summed E-state index contributed by atoms with van der Waals surface area (Å²) < 4.78 is 5.79. The third-order valence-corrected chi connectivity index (χ3v) is 4.37. The van der Waals surface area contributed by atoms with E-state index in [4.69, 9.17) is 4.74 Å². The number of hydrogen-bond donors (Lipinski definition) is 0. The lowest BCUT2D eigenvalue weighted by Crippen LogP contribution is -2.38. The molecule has 24 heavy (non-hydrogen) atoms. The second-order valence-corrected chi connectivity index (χ2v) is 6.17. The summed E-state index contributed by atoms with van der Waals surface area (Å²) in [4.78, 5) is 25.3. The van der Waals surface area contributed by atoms with Crippen LogP contribution in [0.1, 0.15) is 33.5 Å². The minimum absolute atomic E-state index is 0.00352. The van der Waals surface area contributed by atoms with E-state index in [-0.39, 0.29) is 12.5 Å². The number of benzene rings is 2. The van der Waals surface area contributed by atoms with Gasteiger partial charge in [0.05, 0.1) is 0 Å². The lowest BCUT2D eigenvalue weighted by atomic mass is 10.0. The highest BCUT2D eigenvalue weighted by Crippen LogP contribution is 2.28. The first-order valence-electron chi connectivity index (χ1n) is 8.17. The first-order chi connectivity index (χ1) is 11.6. The zero-order valence-electron chi connectivity index (χ0n) is 14.0. The molecule has 0 saturated heterocycles. The van der Waals surface area contributed by atoms with Crippen LogP contribution in [-0.2, 0) is 11.2 Å². The van der Waals surface area contributed by atoms with Crippen LogP contribution >= 0.6 is 0 Å². The predicted molar refractivity (Wildman–Crippen MR) is 93.9 cm³/mol. The summed E-state index contributed by atoms with van der Waals surface area (Å²) in [5.41, 5.74) is 4.54. The Balaban J connectivity index is 1.74. The molecule has 1 amide bonds. The van der Waals surface area contributed by atoms with Crippen molar-refractivity contribution in [2.75, 3.05) is 18.1 Å². The monoisotopic (exact) mass is 323 g/mol. The number of aldehydes is 1. The Morgan fingerprint density at radius 3 is 2.62 bits per heavy atom. The van der Waals surface area contributed by atoms with Gasteiger partial charge in [-0.05, 0) is 61.6 Å². The molecule has 0 radical (unpaired) electrons. The summed E-state index contributed by atoms with van der Waals surface area (Å²) in [5, 5.41) is 0. The highest BCUT2D eigenvalue weighted by molar-refractivity contribution is 5.95. The number of ether oxygens (including phenoxy) is 1.